The molecule has 0 aliphatic carbocycles. The molecule has 124 valence electrons. The number of aliphatic carboxylic acids is 1. The van der Waals surface area contributed by atoms with Crippen molar-refractivity contribution in [3.63, 3.8) is 0 Å². The summed E-state index contributed by atoms with van der Waals surface area (Å²) in [5.74, 6) is -1.40. The van der Waals surface area contributed by atoms with E-state index in [9.17, 15) is 15.2 Å². The lowest BCUT2D eigenvalue weighted by Crippen LogP contribution is -2.47. The number of piperidine rings is 1. The summed E-state index contributed by atoms with van der Waals surface area (Å²) in [4.78, 5) is 17.7. The molecule has 1 N–H and O–H groups in total. The van der Waals surface area contributed by atoms with Gasteiger partial charge in [-0.1, -0.05) is 11.6 Å². The summed E-state index contributed by atoms with van der Waals surface area (Å²) in [6, 6.07) is 7.51. The molecule has 1 aliphatic rings. The monoisotopic (exact) mass is 345 g/mol. The molecule has 0 radical (unpaired) electrons. The number of pyridine rings is 1. The maximum Gasteiger partial charge on any atom is 0.309 e. The highest BCUT2D eigenvalue weighted by molar-refractivity contribution is 6.31. The first-order valence-corrected chi connectivity index (χ1v) is 7.92. The summed E-state index contributed by atoms with van der Waals surface area (Å²) >= 11 is 6.11. The van der Waals surface area contributed by atoms with Crippen molar-refractivity contribution in [1.82, 2.24) is 4.98 Å². The second kappa shape index (κ2) is 6.63. The number of rotatable bonds is 3. The van der Waals surface area contributed by atoms with Crippen LogP contribution in [0, 0.1) is 17.2 Å². The normalized spacial score (nSPS) is 20.8. The molecule has 0 bridgehead atoms. The van der Waals surface area contributed by atoms with Crippen LogP contribution in [0.15, 0.2) is 24.4 Å². The SMILES string of the molecule is COC1CN(c2c(C#N)cnc3ccc(Cl)cc23)CCC1C(=O)O. The topological polar surface area (TPSA) is 86.5 Å². The highest BCUT2D eigenvalue weighted by Gasteiger charge is 2.35. The minimum Gasteiger partial charge on any atom is -0.481 e. The molecule has 2 unspecified atom stereocenters. The molecule has 24 heavy (non-hydrogen) atoms. The van der Waals surface area contributed by atoms with Gasteiger partial charge < -0.3 is 14.7 Å². The summed E-state index contributed by atoms with van der Waals surface area (Å²) in [6.07, 6.45) is 1.55. The van der Waals surface area contributed by atoms with Gasteiger partial charge in [-0.2, -0.15) is 5.26 Å². The predicted octanol–water partition coefficient (Wildman–Crippen LogP) is 2.69. The van der Waals surface area contributed by atoms with Gasteiger partial charge in [0.2, 0.25) is 0 Å². The first kappa shape index (κ1) is 16.5. The molecule has 0 saturated carbocycles. The van der Waals surface area contributed by atoms with Crippen molar-refractivity contribution < 1.29 is 14.6 Å². The van der Waals surface area contributed by atoms with Crippen LogP contribution >= 0.6 is 11.6 Å². The molecular weight excluding hydrogens is 330 g/mol. The fourth-order valence-corrected chi connectivity index (χ4v) is 3.39. The lowest BCUT2D eigenvalue weighted by atomic mass is 9.92. The number of nitriles is 1. The van der Waals surface area contributed by atoms with Crippen molar-refractivity contribution in [1.29, 1.82) is 5.26 Å². The van der Waals surface area contributed by atoms with Crippen LogP contribution in [0.4, 0.5) is 5.69 Å². The van der Waals surface area contributed by atoms with Gasteiger partial charge in [-0.15, -0.1) is 0 Å². The zero-order valence-electron chi connectivity index (χ0n) is 13.1. The Balaban J connectivity index is 2.07. The van der Waals surface area contributed by atoms with E-state index in [0.29, 0.717) is 30.1 Å². The maximum atomic E-state index is 11.4. The molecular formula is C17H16ClN3O3. The minimum atomic E-state index is -0.857. The Bertz CT molecular complexity index is 834. The summed E-state index contributed by atoms with van der Waals surface area (Å²) in [7, 11) is 1.51. The number of anilines is 1. The number of carboxylic acid groups (broad SMARTS) is 1. The van der Waals surface area contributed by atoms with Gasteiger partial charge in [0.15, 0.2) is 0 Å². The number of benzene rings is 1. The van der Waals surface area contributed by atoms with Crippen LogP contribution in [0.3, 0.4) is 0 Å². The van der Waals surface area contributed by atoms with Gasteiger partial charge in [0.25, 0.3) is 0 Å². The molecule has 6 nitrogen and oxygen atoms in total. The van der Waals surface area contributed by atoms with Gasteiger partial charge >= 0.3 is 5.97 Å². The van der Waals surface area contributed by atoms with Crippen LogP contribution in [-0.4, -0.2) is 42.4 Å². The van der Waals surface area contributed by atoms with Crippen molar-refractivity contribution in [3.8, 4) is 6.07 Å². The van der Waals surface area contributed by atoms with Crippen LogP contribution in [0.2, 0.25) is 5.02 Å². The average molecular weight is 346 g/mol. The molecule has 1 fully saturated rings. The summed E-state index contributed by atoms with van der Waals surface area (Å²) in [5, 5.41) is 20.1. The number of hydrogen-bond donors (Lipinski definition) is 1. The largest absolute Gasteiger partial charge is 0.481 e. The third-order valence-corrected chi connectivity index (χ3v) is 4.65. The van der Waals surface area contributed by atoms with Crippen molar-refractivity contribution in [3.05, 3.63) is 35.0 Å². The van der Waals surface area contributed by atoms with Gasteiger partial charge in [0.1, 0.15) is 6.07 Å². The third-order valence-electron chi connectivity index (χ3n) is 4.42. The van der Waals surface area contributed by atoms with E-state index in [2.05, 4.69) is 11.1 Å². The summed E-state index contributed by atoms with van der Waals surface area (Å²) in [5.41, 5.74) is 1.91. The summed E-state index contributed by atoms with van der Waals surface area (Å²) < 4.78 is 5.38. The van der Waals surface area contributed by atoms with Gasteiger partial charge in [0, 0.05) is 36.8 Å². The number of carboxylic acids is 1. The number of ether oxygens (including phenoxy) is 1. The van der Waals surface area contributed by atoms with Crippen molar-refractivity contribution in [2.75, 3.05) is 25.1 Å². The van der Waals surface area contributed by atoms with Gasteiger partial charge in [-0.05, 0) is 24.6 Å². The number of hydrogen-bond acceptors (Lipinski definition) is 5. The van der Waals surface area contributed by atoms with Crippen molar-refractivity contribution >= 4 is 34.2 Å². The molecule has 1 aliphatic heterocycles. The Kier molecular flexibility index (Phi) is 4.56. The fraction of sp³-hybridized carbons (Fsp3) is 0.353. The Morgan fingerprint density at radius 3 is 3.00 bits per heavy atom. The molecule has 1 aromatic heterocycles. The molecule has 7 heteroatoms. The highest BCUT2D eigenvalue weighted by Crippen LogP contribution is 2.34. The number of aromatic nitrogens is 1. The van der Waals surface area contributed by atoms with E-state index in [4.69, 9.17) is 16.3 Å². The van der Waals surface area contributed by atoms with Gasteiger partial charge in [0.05, 0.1) is 28.8 Å². The molecule has 2 aromatic rings. The first-order valence-electron chi connectivity index (χ1n) is 7.54. The quantitative estimate of drug-likeness (QED) is 0.920. The molecule has 2 atom stereocenters. The lowest BCUT2D eigenvalue weighted by Gasteiger charge is -2.38. The van der Waals surface area contributed by atoms with E-state index in [-0.39, 0.29) is 0 Å². The van der Waals surface area contributed by atoms with Crippen LogP contribution in [-0.2, 0) is 9.53 Å². The molecule has 3 rings (SSSR count). The van der Waals surface area contributed by atoms with Crippen molar-refractivity contribution in [2.45, 2.75) is 12.5 Å². The van der Waals surface area contributed by atoms with E-state index in [1.807, 2.05) is 4.90 Å². The van der Waals surface area contributed by atoms with E-state index in [1.165, 1.54) is 13.3 Å². The van der Waals surface area contributed by atoms with Crippen LogP contribution in [0.25, 0.3) is 10.9 Å². The number of methoxy groups -OCH3 is 1. The smallest absolute Gasteiger partial charge is 0.309 e. The number of halogens is 1. The van der Waals surface area contributed by atoms with E-state index in [0.717, 1.165) is 16.6 Å². The second-order valence-electron chi connectivity index (χ2n) is 5.75. The fourth-order valence-electron chi connectivity index (χ4n) is 3.21. The Hall–Kier alpha value is -2.36. The standard InChI is InChI=1S/C17H16ClN3O3/c1-24-15-9-21(5-4-12(15)17(22)23)16-10(7-19)8-20-14-3-2-11(18)6-13(14)16/h2-3,6,8,12,15H,4-5,9H2,1H3,(H,22,23). The Morgan fingerprint density at radius 1 is 1.54 bits per heavy atom. The average Bonchev–Trinajstić information content (AvgIpc) is 2.59. The molecule has 1 aromatic carbocycles. The second-order valence-corrected chi connectivity index (χ2v) is 6.18. The lowest BCUT2D eigenvalue weighted by molar-refractivity contribution is -0.147. The molecule has 1 saturated heterocycles. The number of nitrogens with zero attached hydrogens (tertiary/aromatic N) is 3. The first-order chi connectivity index (χ1) is 11.5. The summed E-state index contributed by atoms with van der Waals surface area (Å²) in [6.45, 7) is 0.922. The van der Waals surface area contributed by atoms with Gasteiger partial charge in [-0.25, -0.2) is 0 Å². The third kappa shape index (κ3) is 2.88. The molecule has 2 heterocycles. The minimum absolute atomic E-state index is 0.397. The predicted molar refractivity (Wildman–Crippen MR) is 90.2 cm³/mol. The van der Waals surface area contributed by atoms with E-state index >= 15 is 0 Å². The molecule has 0 spiro atoms. The zero-order valence-corrected chi connectivity index (χ0v) is 13.8. The van der Waals surface area contributed by atoms with E-state index in [1.54, 1.807) is 18.2 Å². The maximum absolute atomic E-state index is 11.4. The Morgan fingerprint density at radius 2 is 2.33 bits per heavy atom. The highest BCUT2D eigenvalue weighted by atomic mass is 35.5. The van der Waals surface area contributed by atoms with Crippen LogP contribution in [0.5, 0.6) is 0 Å². The Labute approximate surface area is 144 Å². The van der Waals surface area contributed by atoms with Crippen molar-refractivity contribution in [2.24, 2.45) is 5.92 Å². The van der Waals surface area contributed by atoms with Crippen LogP contribution < -0.4 is 4.90 Å². The van der Waals surface area contributed by atoms with E-state index < -0.39 is 18.0 Å². The van der Waals surface area contributed by atoms with Gasteiger partial charge in [-0.3, -0.25) is 9.78 Å². The number of carbonyl (C=O) groups is 1. The number of fused-ring (bicyclic) bond motifs is 1. The zero-order chi connectivity index (χ0) is 17.3. The van der Waals surface area contributed by atoms with Crippen LogP contribution in [0.1, 0.15) is 12.0 Å². The molecule has 0 amide bonds.